The molecule has 1 heterocycles. The molecule has 0 saturated heterocycles. The maximum Gasteiger partial charge on any atom is 0.262 e. The molecule has 1 N–H and O–H groups in total. The number of anilines is 1. The topological polar surface area (TPSA) is 51.2 Å². The van der Waals surface area contributed by atoms with Gasteiger partial charge in [-0.05, 0) is 54.3 Å². The zero-order valence-electron chi connectivity index (χ0n) is 15.1. The number of hydrogen-bond acceptors (Lipinski definition) is 3. The quantitative estimate of drug-likeness (QED) is 0.702. The molecule has 0 bridgehead atoms. The van der Waals surface area contributed by atoms with E-state index >= 15 is 0 Å². The third-order valence-corrected chi connectivity index (χ3v) is 3.86. The van der Waals surface area contributed by atoms with Crippen LogP contribution in [0.4, 0.5) is 5.69 Å². The first-order valence-corrected chi connectivity index (χ1v) is 8.78. The number of para-hydroxylation sites is 1. The van der Waals surface area contributed by atoms with Crippen molar-refractivity contribution in [1.82, 2.24) is 4.98 Å². The molecular weight excluding hydrogens is 336 g/mol. The Balaban J connectivity index is 1.61. The number of carbonyl (C=O) groups is 1. The van der Waals surface area contributed by atoms with Gasteiger partial charge >= 0.3 is 0 Å². The second kappa shape index (κ2) is 9.21. The molecule has 0 atom stereocenters. The van der Waals surface area contributed by atoms with Gasteiger partial charge in [-0.2, -0.15) is 0 Å². The van der Waals surface area contributed by atoms with E-state index < -0.39 is 0 Å². The third kappa shape index (κ3) is 5.45. The molecule has 0 aliphatic heterocycles. The number of pyridine rings is 1. The van der Waals surface area contributed by atoms with Crippen molar-refractivity contribution >= 4 is 11.6 Å². The minimum atomic E-state index is -0.212. The number of nitrogens with zero attached hydrogens (tertiary/aromatic N) is 1. The Bertz CT molecular complexity index is 972. The Morgan fingerprint density at radius 2 is 1.89 bits per heavy atom. The highest BCUT2D eigenvalue weighted by molar-refractivity contribution is 5.92. The number of hydrogen-bond donors (Lipinski definition) is 1. The van der Waals surface area contributed by atoms with E-state index in [1.165, 1.54) is 0 Å². The number of ether oxygens (including phenoxy) is 1. The summed E-state index contributed by atoms with van der Waals surface area (Å²) in [5.41, 5.74) is 3.27. The number of nitrogens with one attached hydrogen (secondary N) is 1. The van der Waals surface area contributed by atoms with Crippen molar-refractivity contribution in [3.05, 3.63) is 89.7 Å². The van der Waals surface area contributed by atoms with Crippen LogP contribution in [0.2, 0.25) is 0 Å². The molecule has 27 heavy (non-hydrogen) atoms. The van der Waals surface area contributed by atoms with Gasteiger partial charge in [0.2, 0.25) is 0 Å². The lowest BCUT2D eigenvalue weighted by atomic mass is 10.1. The number of aromatic nitrogens is 1. The van der Waals surface area contributed by atoms with Gasteiger partial charge in [-0.1, -0.05) is 43.2 Å². The molecule has 0 fully saturated rings. The Labute approximate surface area is 159 Å². The highest BCUT2D eigenvalue weighted by Gasteiger charge is 2.06. The minimum absolute atomic E-state index is 0.0408. The minimum Gasteiger partial charge on any atom is -0.483 e. The summed E-state index contributed by atoms with van der Waals surface area (Å²) in [5.74, 6) is 6.58. The fourth-order valence-corrected chi connectivity index (χ4v) is 2.52. The molecule has 4 heteroatoms. The van der Waals surface area contributed by atoms with Gasteiger partial charge in [-0.25, -0.2) is 4.98 Å². The fraction of sp³-hybridized carbons (Fsp3) is 0.130. The highest BCUT2D eigenvalue weighted by atomic mass is 16.5. The van der Waals surface area contributed by atoms with Crippen LogP contribution in [0.25, 0.3) is 0 Å². The van der Waals surface area contributed by atoms with Crippen molar-refractivity contribution in [2.24, 2.45) is 0 Å². The van der Waals surface area contributed by atoms with E-state index in [-0.39, 0.29) is 12.5 Å². The Kier molecular flexibility index (Phi) is 6.21. The number of rotatable bonds is 5. The summed E-state index contributed by atoms with van der Waals surface area (Å²) in [4.78, 5) is 16.4. The zero-order chi connectivity index (χ0) is 18.9. The van der Waals surface area contributed by atoms with Crippen molar-refractivity contribution in [2.45, 2.75) is 13.3 Å². The Hall–Kier alpha value is -3.58. The van der Waals surface area contributed by atoms with Crippen LogP contribution in [0.1, 0.15) is 23.7 Å². The van der Waals surface area contributed by atoms with Gasteiger partial charge in [0, 0.05) is 17.4 Å². The average molecular weight is 356 g/mol. The van der Waals surface area contributed by atoms with Crippen molar-refractivity contribution in [3.63, 3.8) is 0 Å². The summed E-state index contributed by atoms with van der Waals surface area (Å²) in [6.07, 6.45) is 2.56. The lowest BCUT2D eigenvalue weighted by Crippen LogP contribution is -2.20. The Morgan fingerprint density at radius 3 is 2.70 bits per heavy atom. The number of aryl methyl sites for hydroxylation is 1. The predicted molar refractivity (Wildman–Crippen MR) is 107 cm³/mol. The van der Waals surface area contributed by atoms with Crippen LogP contribution in [0.15, 0.2) is 72.9 Å². The summed E-state index contributed by atoms with van der Waals surface area (Å²) in [5, 5.41) is 2.84. The van der Waals surface area contributed by atoms with Gasteiger partial charge in [0.1, 0.15) is 11.4 Å². The van der Waals surface area contributed by atoms with Crippen molar-refractivity contribution in [2.75, 3.05) is 11.9 Å². The fourth-order valence-electron chi connectivity index (χ4n) is 2.52. The van der Waals surface area contributed by atoms with Gasteiger partial charge in [-0.3, -0.25) is 4.79 Å². The van der Waals surface area contributed by atoms with Crippen LogP contribution in [-0.2, 0) is 11.2 Å². The number of benzene rings is 2. The average Bonchev–Trinajstić information content (AvgIpc) is 2.72. The largest absolute Gasteiger partial charge is 0.483 e. The molecule has 1 aromatic heterocycles. The van der Waals surface area contributed by atoms with Crippen LogP contribution in [0, 0.1) is 11.8 Å². The molecule has 0 unspecified atom stereocenters. The van der Waals surface area contributed by atoms with Crippen LogP contribution in [0.5, 0.6) is 5.75 Å². The lowest BCUT2D eigenvalue weighted by molar-refractivity contribution is -0.118. The molecule has 2 aromatic carbocycles. The molecule has 1 amide bonds. The molecule has 0 saturated carbocycles. The van der Waals surface area contributed by atoms with Crippen LogP contribution >= 0.6 is 0 Å². The van der Waals surface area contributed by atoms with E-state index in [0.29, 0.717) is 11.4 Å². The summed E-state index contributed by atoms with van der Waals surface area (Å²) in [6.45, 7) is 2.01. The first kappa shape index (κ1) is 18.2. The van der Waals surface area contributed by atoms with E-state index in [4.69, 9.17) is 4.74 Å². The maximum atomic E-state index is 12.2. The number of amides is 1. The van der Waals surface area contributed by atoms with Crippen molar-refractivity contribution in [3.8, 4) is 17.6 Å². The summed E-state index contributed by atoms with van der Waals surface area (Å²) >= 11 is 0. The van der Waals surface area contributed by atoms with E-state index in [1.807, 2.05) is 66.7 Å². The first-order valence-electron chi connectivity index (χ1n) is 8.78. The SMILES string of the molecule is CCc1ccccc1OCC(=O)Nc1cccc(C#Cc2ccccn2)c1. The Morgan fingerprint density at radius 1 is 1.04 bits per heavy atom. The van der Waals surface area contributed by atoms with E-state index in [0.717, 1.165) is 23.3 Å². The molecule has 0 aliphatic rings. The van der Waals surface area contributed by atoms with Crippen molar-refractivity contribution < 1.29 is 9.53 Å². The third-order valence-electron chi connectivity index (χ3n) is 3.86. The normalized spacial score (nSPS) is 9.81. The second-order valence-electron chi connectivity index (χ2n) is 5.84. The molecule has 0 spiro atoms. The van der Waals surface area contributed by atoms with Crippen molar-refractivity contribution in [1.29, 1.82) is 0 Å². The van der Waals surface area contributed by atoms with E-state index in [9.17, 15) is 4.79 Å². The number of carbonyl (C=O) groups excluding carboxylic acids is 1. The molecule has 4 nitrogen and oxygen atoms in total. The molecule has 0 radical (unpaired) electrons. The predicted octanol–water partition coefficient (Wildman–Crippen LogP) is 4.06. The monoisotopic (exact) mass is 356 g/mol. The first-order chi connectivity index (χ1) is 13.2. The second-order valence-corrected chi connectivity index (χ2v) is 5.84. The molecule has 0 aliphatic carbocycles. The van der Waals surface area contributed by atoms with Crippen LogP contribution in [-0.4, -0.2) is 17.5 Å². The van der Waals surface area contributed by atoms with Gasteiger partial charge in [0.15, 0.2) is 6.61 Å². The van der Waals surface area contributed by atoms with Gasteiger partial charge in [0.25, 0.3) is 5.91 Å². The summed E-state index contributed by atoms with van der Waals surface area (Å²) in [6, 6.07) is 20.7. The maximum absolute atomic E-state index is 12.2. The van der Waals surface area contributed by atoms with Crippen LogP contribution < -0.4 is 10.1 Å². The van der Waals surface area contributed by atoms with E-state index in [1.54, 1.807) is 6.20 Å². The zero-order valence-corrected chi connectivity index (χ0v) is 15.1. The molecule has 134 valence electrons. The highest BCUT2D eigenvalue weighted by Crippen LogP contribution is 2.18. The molecule has 3 aromatic rings. The lowest BCUT2D eigenvalue weighted by Gasteiger charge is -2.10. The molecule has 3 rings (SSSR count). The smallest absolute Gasteiger partial charge is 0.262 e. The summed E-state index contributed by atoms with van der Waals surface area (Å²) in [7, 11) is 0. The van der Waals surface area contributed by atoms with E-state index in [2.05, 4.69) is 29.1 Å². The van der Waals surface area contributed by atoms with Gasteiger partial charge in [-0.15, -0.1) is 0 Å². The van der Waals surface area contributed by atoms with Crippen LogP contribution in [0.3, 0.4) is 0 Å². The van der Waals surface area contributed by atoms with Gasteiger partial charge < -0.3 is 10.1 Å². The summed E-state index contributed by atoms with van der Waals surface area (Å²) < 4.78 is 5.65. The van der Waals surface area contributed by atoms with Gasteiger partial charge in [0.05, 0.1) is 0 Å². The standard InChI is InChI=1S/C23H20N2O2/c1-2-19-9-3-4-12-22(19)27-17-23(26)25-21-11-7-8-18(16-21)13-14-20-10-5-6-15-24-20/h3-12,15-16H,2,17H2,1H3,(H,25,26). The molecular formula is C23H20N2O2.